The molecule has 0 saturated heterocycles. The SMILES string of the molecule is Cc1ccc2c(c1)OC(C)(C)C=C(C=O)[C@@H]2C. The predicted molar refractivity (Wildman–Crippen MR) is 68.4 cm³/mol. The Morgan fingerprint density at radius 3 is 2.71 bits per heavy atom. The lowest BCUT2D eigenvalue weighted by Crippen LogP contribution is -2.25. The van der Waals surface area contributed by atoms with E-state index in [-0.39, 0.29) is 5.92 Å². The Kier molecular flexibility index (Phi) is 2.82. The van der Waals surface area contributed by atoms with Crippen LogP contribution in [0.3, 0.4) is 0 Å². The quantitative estimate of drug-likeness (QED) is 0.691. The van der Waals surface area contributed by atoms with E-state index >= 15 is 0 Å². The van der Waals surface area contributed by atoms with Crippen LogP contribution in [0.1, 0.15) is 37.8 Å². The van der Waals surface area contributed by atoms with Gasteiger partial charge in [-0.25, -0.2) is 0 Å². The smallest absolute Gasteiger partial charge is 0.146 e. The van der Waals surface area contributed by atoms with Crippen molar-refractivity contribution in [3.8, 4) is 5.75 Å². The molecule has 1 aliphatic rings. The number of aldehydes is 1. The molecule has 1 aromatic rings. The van der Waals surface area contributed by atoms with Crippen LogP contribution in [0.5, 0.6) is 5.75 Å². The molecule has 0 radical (unpaired) electrons. The molecule has 2 rings (SSSR count). The summed E-state index contributed by atoms with van der Waals surface area (Å²) < 4.78 is 5.99. The van der Waals surface area contributed by atoms with Crippen LogP contribution in [0.4, 0.5) is 0 Å². The zero-order valence-electron chi connectivity index (χ0n) is 10.8. The van der Waals surface area contributed by atoms with Crippen molar-refractivity contribution in [3.05, 3.63) is 41.0 Å². The van der Waals surface area contributed by atoms with Gasteiger partial charge in [0.2, 0.25) is 0 Å². The van der Waals surface area contributed by atoms with Crippen LogP contribution in [0, 0.1) is 6.92 Å². The Hall–Kier alpha value is -1.57. The van der Waals surface area contributed by atoms with E-state index in [1.165, 1.54) is 5.56 Å². The number of ether oxygens (including phenoxy) is 1. The largest absolute Gasteiger partial charge is 0.483 e. The standard InChI is InChI=1S/C15H18O2/c1-10-5-6-13-11(2)12(9-16)8-15(3,4)17-14(13)7-10/h5-9,11H,1-4H3/t11-/m0/s1. The van der Waals surface area contributed by atoms with Gasteiger partial charge in [-0.15, -0.1) is 0 Å². The zero-order valence-corrected chi connectivity index (χ0v) is 10.8. The van der Waals surface area contributed by atoms with Crippen LogP contribution < -0.4 is 4.74 Å². The topological polar surface area (TPSA) is 26.3 Å². The van der Waals surface area contributed by atoms with Crippen molar-refractivity contribution in [2.75, 3.05) is 0 Å². The number of rotatable bonds is 1. The van der Waals surface area contributed by atoms with Crippen molar-refractivity contribution in [2.45, 2.75) is 39.2 Å². The van der Waals surface area contributed by atoms with E-state index in [9.17, 15) is 4.79 Å². The Bertz CT molecular complexity index is 484. The van der Waals surface area contributed by atoms with Gasteiger partial charge in [-0.2, -0.15) is 0 Å². The van der Waals surface area contributed by atoms with Crippen molar-refractivity contribution in [2.24, 2.45) is 0 Å². The summed E-state index contributed by atoms with van der Waals surface area (Å²) in [6.45, 7) is 8.03. The minimum absolute atomic E-state index is 0.0878. The maximum atomic E-state index is 11.2. The first-order valence-corrected chi connectivity index (χ1v) is 5.90. The fourth-order valence-electron chi connectivity index (χ4n) is 2.24. The van der Waals surface area contributed by atoms with Gasteiger partial charge in [0.1, 0.15) is 17.6 Å². The third-order valence-electron chi connectivity index (χ3n) is 3.16. The molecule has 0 aliphatic carbocycles. The van der Waals surface area contributed by atoms with Crippen LogP contribution in [-0.4, -0.2) is 11.9 Å². The van der Waals surface area contributed by atoms with E-state index in [2.05, 4.69) is 6.07 Å². The van der Waals surface area contributed by atoms with Gasteiger partial charge in [0, 0.05) is 11.5 Å². The average Bonchev–Trinajstić information content (AvgIpc) is 2.33. The Balaban J connectivity index is 2.60. The molecule has 0 bridgehead atoms. The van der Waals surface area contributed by atoms with Crippen LogP contribution in [-0.2, 0) is 4.79 Å². The van der Waals surface area contributed by atoms with Gasteiger partial charge >= 0.3 is 0 Å². The zero-order chi connectivity index (χ0) is 12.6. The third-order valence-corrected chi connectivity index (χ3v) is 3.16. The van der Waals surface area contributed by atoms with Gasteiger partial charge in [-0.05, 0) is 44.1 Å². The van der Waals surface area contributed by atoms with E-state index < -0.39 is 5.60 Å². The summed E-state index contributed by atoms with van der Waals surface area (Å²) >= 11 is 0. The molecule has 0 saturated carbocycles. The Morgan fingerprint density at radius 2 is 2.06 bits per heavy atom. The number of carbonyl (C=O) groups is 1. The first-order valence-electron chi connectivity index (χ1n) is 5.90. The summed E-state index contributed by atoms with van der Waals surface area (Å²) in [5.41, 5.74) is 2.60. The monoisotopic (exact) mass is 230 g/mol. The number of benzene rings is 1. The van der Waals surface area contributed by atoms with Crippen molar-refractivity contribution in [1.82, 2.24) is 0 Å². The number of fused-ring (bicyclic) bond motifs is 1. The second kappa shape index (κ2) is 4.02. The number of hydrogen-bond acceptors (Lipinski definition) is 2. The van der Waals surface area contributed by atoms with E-state index in [0.717, 1.165) is 23.2 Å². The summed E-state index contributed by atoms with van der Waals surface area (Å²) in [5, 5.41) is 0. The van der Waals surface area contributed by atoms with Gasteiger partial charge in [-0.1, -0.05) is 19.1 Å². The van der Waals surface area contributed by atoms with Crippen LogP contribution in [0.15, 0.2) is 29.8 Å². The van der Waals surface area contributed by atoms with E-state index in [4.69, 9.17) is 4.74 Å². The highest BCUT2D eigenvalue weighted by molar-refractivity contribution is 5.77. The number of allylic oxidation sites excluding steroid dienone is 1. The van der Waals surface area contributed by atoms with E-state index in [1.54, 1.807) is 0 Å². The first-order chi connectivity index (χ1) is 7.93. The van der Waals surface area contributed by atoms with Gasteiger partial charge in [0.05, 0.1) is 0 Å². The van der Waals surface area contributed by atoms with Crippen LogP contribution >= 0.6 is 0 Å². The maximum Gasteiger partial charge on any atom is 0.146 e. The van der Waals surface area contributed by atoms with Crippen molar-refractivity contribution < 1.29 is 9.53 Å². The highest BCUT2D eigenvalue weighted by Crippen LogP contribution is 2.37. The normalized spacial score (nSPS) is 21.9. The molecule has 1 heterocycles. The number of aryl methyl sites for hydroxylation is 1. The van der Waals surface area contributed by atoms with Gasteiger partial charge in [-0.3, -0.25) is 4.79 Å². The lowest BCUT2D eigenvalue weighted by atomic mass is 9.91. The first kappa shape index (κ1) is 11.9. The molecule has 1 aliphatic heterocycles. The fourth-order valence-corrected chi connectivity index (χ4v) is 2.24. The highest BCUT2D eigenvalue weighted by Gasteiger charge is 2.27. The molecule has 0 amide bonds. The summed E-state index contributed by atoms with van der Waals surface area (Å²) in [4.78, 5) is 11.2. The molecule has 0 spiro atoms. The lowest BCUT2D eigenvalue weighted by molar-refractivity contribution is -0.105. The Labute approximate surface area is 102 Å². The summed E-state index contributed by atoms with van der Waals surface area (Å²) in [6.07, 6.45) is 2.85. The molecule has 2 heteroatoms. The number of hydrogen-bond donors (Lipinski definition) is 0. The third kappa shape index (κ3) is 2.26. The molecule has 0 N–H and O–H groups in total. The lowest BCUT2D eigenvalue weighted by Gasteiger charge is -2.22. The van der Waals surface area contributed by atoms with Gasteiger partial charge < -0.3 is 4.74 Å². The van der Waals surface area contributed by atoms with Crippen molar-refractivity contribution in [3.63, 3.8) is 0 Å². The molecule has 0 aromatic heterocycles. The highest BCUT2D eigenvalue weighted by atomic mass is 16.5. The minimum atomic E-state index is -0.441. The van der Waals surface area contributed by atoms with Gasteiger partial charge in [0.25, 0.3) is 0 Å². The van der Waals surface area contributed by atoms with E-state index in [1.807, 2.05) is 45.9 Å². The van der Waals surface area contributed by atoms with E-state index in [0.29, 0.717) is 0 Å². The molecule has 2 nitrogen and oxygen atoms in total. The predicted octanol–water partition coefficient (Wildman–Crippen LogP) is 3.39. The van der Waals surface area contributed by atoms with Crippen LogP contribution in [0.25, 0.3) is 0 Å². The molecule has 1 aromatic carbocycles. The molecule has 90 valence electrons. The molecule has 0 unspecified atom stereocenters. The molecule has 17 heavy (non-hydrogen) atoms. The maximum absolute atomic E-state index is 11.2. The summed E-state index contributed by atoms with van der Waals surface area (Å²) in [5.74, 6) is 0.973. The van der Waals surface area contributed by atoms with Gasteiger partial charge in [0.15, 0.2) is 0 Å². The fraction of sp³-hybridized carbons (Fsp3) is 0.400. The second-order valence-corrected chi connectivity index (χ2v) is 5.23. The Morgan fingerprint density at radius 1 is 1.35 bits per heavy atom. The summed E-state index contributed by atoms with van der Waals surface area (Å²) in [6, 6.07) is 6.14. The molecular weight excluding hydrogens is 212 g/mol. The summed E-state index contributed by atoms with van der Waals surface area (Å²) in [7, 11) is 0. The van der Waals surface area contributed by atoms with Crippen LogP contribution in [0.2, 0.25) is 0 Å². The number of carbonyl (C=O) groups excluding carboxylic acids is 1. The second-order valence-electron chi connectivity index (χ2n) is 5.23. The molecular formula is C15H18O2. The van der Waals surface area contributed by atoms with Crippen molar-refractivity contribution >= 4 is 6.29 Å². The minimum Gasteiger partial charge on any atom is -0.483 e. The average molecular weight is 230 g/mol. The van der Waals surface area contributed by atoms with Crippen molar-refractivity contribution in [1.29, 1.82) is 0 Å². The molecule has 1 atom stereocenters. The molecule has 0 fully saturated rings.